The maximum absolute atomic E-state index is 11.7. The smallest absolute Gasteiger partial charge is 0.339 e. The van der Waals surface area contributed by atoms with Crippen LogP contribution in [0, 0.1) is 18.8 Å². The molecule has 1 aromatic carbocycles. The molecular weight excluding hydrogens is 342 g/mol. The summed E-state index contributed by atoms with van der Waals surface area (Å²) in [5, 5.41) is 0. The lowest BCUT2D eigenvalue weighted by Crippen LogP contribution is -2.23. The molecule has 1 aliphatic rings. The van der Waals surface area contributed by atoms with Crippen LogP contribution >= 0.6 is 11.8 Å². The van der Waals surface area contributed by atoms with Crippen LogP contribution in [0.25, 0.3) is 0 Å². The molecule has 0 saturated heterocycles. The van der Waals surface area contributed by atoms with Crippen LogP contribution in [0.3, 0.4) is 0 Å². The van der Waals surface area contributed by atoms with E-state index < -0.39 is 0 Å². The number of aromatic nitrogens is 1. The first-order chi connectivity index (χ1) is 12.4. The molecule has 0 saturated carbocycles. The second-order valence-corrected chi connectivity index (χ2v) is 8.18. The van der Waals surface area contributed by atoms with E-state index in [0.717, 1.165) is 5.56 Å². The Morgan fingerprint density at radius 1 is 1.31 bits per heavy atom. The van der Waals surface area contributed by atoms with Crippen LogP contribution in [0.15, 0.2) is 35.4 Å². The van der Waals surface area contributed by atoms with Gasteiger partial charge < -0.3 is 4.74 Å². The monoisotopic (exact) mass is 365 g/mol. The van der Waals surface area contributed by atoms with Crippen LogP contribution in [0.1, 0.15) is 59.9 Å². The van der Waals surface area contributed by atoms with E-state index in [1.807, 2.05) is 11.8 Å². The Morgan fingerprint density at radius 2 is 2.12 bits per heavy atom. The normalized spacial score (nSPS) is 14.8. The average molecular weight is 365 g/mol. The fourth-order valence-corrected chi connectivity index (χ4v) is 4.53. The summed E-state index contributed by atoms with van der Waals surface area (Å²) < 4.78 is 4.97. The molecule has 0 radical (unpaired) electrons. The zero-order valence-corrected chi connectivity index (χ0v) is 16.5. The Kier molecular flexibility index (Phi) is 5.38. The molecule has 0 N–H and O–H groups in total. The number of benzene rings is 1. The number of hydrogen-bond acceptors (Lipinski definition) is 4. The van der Waals surface area contributed by atoms with Crippen molar-refractivity contribution in [3.05, 3.63) is 58.4 Å². The predicted molar refractivity (Wildman–Crippen MR) is 106 cm³/mol. The molecule has 134 valence electrons. The molecule has 3 nitrogen and oxygen atoms in total. The van der Waals surface area contributed by atoms with Crippen molar-refractivity contribution in [1.29, 1.82) is 0 Å². The summed E-state index contributed by atoms with van der Waals surface area (Å²) in [6, 6.07) is 7.94. The van der Waals surface area contributed by atoms with Gasteiger partial charge in [0.05, 0.1) is 12.2 Å². The molecule has 0 spiro atoms. The molecular formula is C22H23NO2S. The van der Waals surface area contributed by atoms with Crippen LogP contribution in [0.4, 0.5) is 0 Å². The van der Waals surface area contributed by atoms with Gasteiger partial charge in [0, 0.05) is 16.7 Å². The van der Waals surface area contributed by atoms with Gasteiger partial charge in [0.2, 0.25) is 0 Å². The van der Waals surface area contributed by atoms with Gasteiger partial charge in [-0.1, -0.05) is 19.8 Å². The van der Waals surface area contributed by atoms with E-state index in [1.54, 1.807) is 19.1 Å². The van der Waals surface area contributed by atoms with Gasteiger partial charge in [0.15, 0.2) is 0 Å². The number of fused-ring (bicyclic) bond motifs is 1. The van der Waals surface area contributed by atoms with Crippen LogP contribution < -0.4 is 0 Å². The molecule has 0 aliphatic carbocycles. The minimum Gasteiger partial charge on any atom is -0.462 e. The summed E-state index contributed by atoms with van der Waals surface area (Å²) in [7, 11) is 0. The first-order valence-corrected chi connectivity index (χ1v) is 9.82. The van der Waals surface area contributed by atoms with Crippen molar-refractivity contribution < 1.29 is 9.53 Å². The molecule has 0 fully saturated rings. The minimum atomic E-state index is -0.357. The number of thioether (sulfide) groups is 1. The molecule has 0 atom stereocenters. The molecule has 0 amide bonds. The van der Waals surface area contributed by atoms with E-state index in [4.69, 9.17) is 4.74 Å². The maximum atomic E-state index is 11.7. The number of ether oxygens (including phenoxy) is 1. The SMILES string of the molecule is CCOC(=O)c1ccc(C#Cc2cc3c(cc2C)SCCC3(C)C)nc1. The van der Waals surface area contributed by atoms with Gasteiger partial charge in [-0.05, 0) is 72.7 Å². The molecule has 1 aliphatic heterocycles. The van der Waals surface area contributed by atoms with Crippen molar-refractivity contribution in [3.63, 3.8) is 0 Å². The highest BCUT2D eigenvalue weighted by molar-refractivity contribution is 7.99. The summed E-state index contributed by atoms with van der Waals surface area (Å²) in [6.07, 6.45) is 2.69. The minimum absolute atomic E-state index is 0.185. The van der Waals surface area contributed by atoms with E-state index in [2.05, 4.69) is 49.7 Å². The summed E-state index contributed by atoms with van der Waals surface area (Å²) >= 11 is 1.93. The van der Waals surface area contributed by atoms with Gasteiger partial charge in [-0.25, -0.2) is 9.78 Å². The van der Waals surface area contributed by atoms with Crippen LogP contribution in [0.5, 0.6) is 0 Å². The van der Waals surface area contributed by atoms with Crippen molar-refractivity contribution in [2.75, 3.05) is 12.4 Å². The number of carbonyl (C=O) groups is 1. The zero-order chi connectivity index (χ0) is 18.7. The fourth-order valence-electron chi connectivity index (χ4n) is 2.95. The highest BCUT2D eigenvalue weighted by Crippen LogP contribution is 2.42. The quantitative estimate of drug-likeness (QED) is 0.569. The van der Waals surface area contributed by atoms with Crippen molar-refractivity contribution in [2.45, 2.75) is 44.4 Å². The van der Waals surface area contributed by atoms with Crippen molar-refractivity contribution >= 4 is 17.7 Å². The molecule has 0 bridgehead atoms. The van der Waals surface area contributed by atoms with Crippen molar-refractivity contribution in [2.24, 2.45) is 0 Å². The van der Waals surface area contributed by atoms with Crippen molar-refractivity contribution in [3.8, 4) is 11.8 Å². The standard InChI is InChI=1S/C22H23NO2S/c1-5-25-21(24)17-7-9-18(23-14-17)8-6-16-13-19-20(12-15(16)2)26-11-10-22(19,3)4/h7,9,12-14H,5,10-11H2,1-4H3. The van der Waals surface area contributed by atoms with Gasteiger partial charge >= 0.3 is 5.97 Å². The summed E-state index contributed by atoms with van der Waals surface area (Å²) in [6.45, 7) is 8.84. The van der Waals surface area contributed by atoms with Gasteiger partial charge in [-0.15, -0.1) is 11.8 Å². The average Bonchev–Trinajstić information content (AvgIpc) is 2.60. The lowest BCUT2D eigenvalue weighted by Gasteiger charge is -2.32. The molecule has 2 aromatic rings. The van der Waals surface area contributed by atoms with E-state index >= 15 is 0 Å². The fraction of sp³-hybridized carbons (Fsp3) is 0.364. The first-order valence-electron chi connectivity index (χ1n) is 8.84. The lowest BCUT2D eigenvalue weighted by molar-refractivity contribution is 0.0526. The number of rotatable bonds is 2. The Balaban J connectivity index is 1.87. The lowest BCUT2D eigenvalue weighted by atomic mass is 9.80. The third-order valence-corrected chi connectivity index (χ3v) is 5.70. The number of pyridine rings is 1. The highest BCUT2D eigenvalue weighted by Gasteiger charge is 2.28. The second kappa shape index (κ2) is 7.55. The largest absolute Gasteiger partial charge is 0.462 e. The van der Waals surface area contributed by atoms with Gasteiger partial charge in [-0.2, -0.15) is 0 Å². The van der Waals surface area contributed by atoms with Crippen molar-refractivity contribution in [1.82, 2.24) is 4.98 Å². The molecule has 2 heterocycles. The molecule has 26 heavy (non-hydrogen) atoms. The number of esters is 1. The molecule has 0 unspecified atom stereocenters. The van der Waals surface area contributed by atoms with E-state index in [0.29, 0.717) is 17.9 Å². The molecule has 3 rings (SSSR count). The third-order valence-electron chi connectivity index (χ3n) is 4.64. The number of nitrogens with zero attached hydrogens (tertiary/aromatic N) is 1. The van der Waals surface area contributed by atoms with Gasteiger partial charge in [-0.3, -0.25) is 0 Å². The third kappa shape index (κ3) is 3.94. The summed E-state index contributed by atoms with van der Waals surface area (Å²) in [5.41, 5.74) is 4.88. The summed E-state index contributed by atoms with van der Waals surface area (Å²) in [4.78, 5) is 17.3. The van der Waals surface area contributed by atoms with E-state index in [9.17, 15) is 4.79 Å². The highest BCUT2D eigenvalue weighted by atomic mass is 32.2. The summed E-state index contributed by atoms with van der Waals surface area (Å²) in [5.74, 6) is 7.18. The number of carbonyl (C=O) groups excluding carboxylic acids is 1. The number of hydrogen-bond donors (Lipinski definition) is 0. The first kappa shape index (κ1) is 18.5. The Morgan fingerprint density at radius 3 is 2.81 bits per heavy atom. The molecule has 1 aromatic heterocycles. The Labute approximate surface area is 159 Å². The van der Waals surface area contributed by atoms with Crippen LogP contribution in [-0.4, -0.2) is 23.3 Å². The van der Waals surface area contributed by atoms with Gasteiger partial charge in [0.25, 0.3) is 0 Å². The van der Waals surface area contributed by atoms with Gasteiger partial charge in [0.1, 0.15) is 5.69 Å². The second-order valence-electron chi connectivity index (χ2n) is 7.05. The van der Waals surface area contributed by atoms with E-state index in [1.165, 1.54) is 34.4 Å². The predicted octanol–water partition coefficient (Wildman–Crippen LogP) is 4.74. The zero-order valence-electron chi connectivity index (χ0n) is 15.7. The van der Waals surface area contributed by atoms with E-state index in [-0.39, 0.29) is 11.4 Å². The van der Waals surface area contributed by atoms with Crippen LogP contribution in [0.2, 0.25) is 0 Å². The maximum Gasteiger partial charge on any atom is 0.339 e. The molecule has 4 heteroatoms. The number of aryl methyl sites for hydroxylation is 1. The topological polar surface area (TPSA) is 39.2 Å². The Bertz CT molecular complexity index is 889. The Hall–Kier alpha value is -2.25. The van der Waals surface area contributed by atoms with Crippen LogP contribution in [-0.2, 0) is 10.2 Å².